The quantitative estimate of drug-likeness (QED) is 0.180. The van der Waals surface area contributed by atoms with Crippen LogP contribution in [0, 0.1) is 5.92 Å². The molecule has 10 heteroatoms. The Labute approximate surface area is 286 Å². The number of carbonyl (C=O) groups is 1. The number of piperidine rings is 1. The van der Waals surface area contributed by atoms with E-state index in [1.807, 2.05) is 117 Å². The second-order valence-corrected chi connectivity index (χ2v) is 14.2. The molecule has 0 radical (unpaired) electrons. The van der Waals surface area contributed by atoms with E-state index in [1.165, 1.54) is 4.31 Å². The molecular formula is C39H39N5O4S+2. The zero-order chi connectivity index (χ0) is 34.1. The third kappa shape index (κ3) is 6.09. The molecule has 1 fully saturated rings. The summed E-state index contributed by atoms with van der Waals surface area (Å²) >= 11 is 0. The van der Waals surface area contributed by atoms with Crippen molar-refractivity contribution >= 4 is 44.0 Å². The molecule has 3 aliphatic rings. The summed E-state index contributed by atoms with van der Waals surface area (Å²) in [4.78, 5) is 14.4. The predicted octanol–water partition coefficient (Wildman–Crippen LogP) is 5.46. The van der Waals surface area contributed by atoms with Crippen LogP contribution in [0.5, 0.6) is 0 Å². The van der Waals surface area contributed by atoms with Gasteiger partial charge in [0.1, 0.15) is 18.4 Å². The number of para-hydroxylation sites is 2. The van der Waals surface area contributed by atoms with Crippen LogP contribution in [-0.4, -0.2) is 52.9 Å². The Morgan fingerprint density at radius 1 is 0.878 bits per heavy atom. The van der Waals surface area contributed by atoms with Crippen LogP contribution in [0.25, 0.3) is 28.0 Å². The molecule has 7 rings (SSSR count). The van der Waals surface area contributed by atoms with Crippen LogP contribution in [0.15, 0.2) is 131 Å². The smallest absolute Gasteiger partial charge is 0.318 e. The number of rotatable bonds is 7. The normalized spacial score (nSPS) is 14.9. The number of nitrogens with zero attached hydrogens (tertiary/aromatic N) is 4. The molecule has 3 aromatic carbocycles. The van der Waals surface area contributed by atoms with Crippen LogP contribution in [0.1, 0.15) is 12.8 Å². The lowest BCUT2D eigenvalue weighted by Gasteiger charge is -2.29. The highest BCUT2D eigenvalue weighted by Gasteiger charge is 2.38. The molecule has 1 N–H and O–H groups in total. The SMILES string of the molecule is CNC(=O)C1CCN(S(=O)(=O)c2cccc[n+]2-c2c3cc/c(=[N+](/C)c4ccccc4)cc-3oc3cc(N(C)c4ccccc4)ccc23)CC1. The highest BCUT2D eigenvalue weighted by Crippen LogP contribution is 2.36. The van der Waals surface area contributed by atoms with E-state index in [0.717, 1.165) is 33.4 Å². The van der Waals surface area contributed by atoms with Gasteiger partial charge in [0.2, 0.25) is 22.6 Å². The van der Waals surface area contributed by atoms with Gasteiger partial charge in [0, 0.05) is 80.9 Å². The molecule has 4 aromatic rings. The first-order chi connectivity index (χ1) is 23.8. The van der Waals surface area contributed by atoms with Gasteiger partial charge in [-0.1, -0.05) is 36.4 Å². The molecule has 9 nitrogen and oxygen atoms in total. The summed E-state index contributed by atoms with van der Waals surface area (Å²) in [5, 5.41) is 4.55. The van der Waals surface area contributed by atoms with Crippen LogP contribution in [0.3, 0.4) is 0 Å². The van der Waals surface area contributed by atoms with E-state index in [2.05, 4.69) is 14.8 Å². The van der Waals surface area contributed by atoms with E-state index in [9.17, 15) is 13.2 Å². The molecule has 49 heavy (non-hydrogen) atoms. The van der Waals surface area contributed by atoms with Crippen LogP contribution in [0.4, 0.5) is 17.1 Å². The third-order valence-corrected chi connectivity index (χ3v) is 11.4. The maximum Gasteiger partial charge on any atom is 0.318 e. The summed E-state index contributed by atoms with van der Waals surface area (Å²) < 4.78 is 40.8. The maximum atomic E-state index is 14.4. The third-order valence-electron chi connectivity index (χ3n) is 9.46. The summed E-state index contributed by atoms with van der Waals surface area (Å²) in [7, 11) is 1.70. The average molecular weight is 674 g/mol. The Morgan fingerprint density at radius 3 is 2.29 bits per heavy atom. The Kier molecular flexibility index (Phi) is 8.75. The van der Waals surface area contributed by atoms with Crippen molar-refractivity contribution in [3.8, 4) is 17.0 Å². The second-order valence-electron chi connectivity index (χ2n) is 12.3. The first-order valence-corrected chi connectivity index (χ1v) is 17.8. The molecular weight excluding hydrogens is 635 g/mol. The highest BCUT2D eigenvalue weighted by atomic mass is 32.2. The van der Waals surface area contributed by atoms with Gasteiger partial charge in [-0.25, -0.2) is 8.42 Å². The molecule has 1 aromatic heterocycles. The standard InChI is InChI=1S/C39H38N5O4S/c1-40-39(45)28-21-24-43(25-22-28)49(46,47)37-16-10-11-23-44(37)38-33-19-17-31(41(2)29-12-6-4-7-13-29)26-35(33)48-36-27-32(18-20-34(36)38)42(3)30-14-8-5-9-15-30/h4-20,23,26-28H,21-22,24-25H2,1-3H3/q+1/p+1. The fraction of sp³-hybridized carbons (Fsp3) is 0.205. The van der Waals surface area contributed by atoms with Crippen molar-refractivity contribution in [3.63, 3.8) is 0 Å². The van der Waals surface area contributed by atoms with Crippen molar-refractivity contribution in [1.29, 1.82) is 0 Å². The molecule has 1 aliphatic carbocycles. The molecule has 0 spiro atoms. The summed E-state index contributed by atoms with van der Waals surface area (Å²) in [6.07, 6.45) is 2.74. The van der Waals surface area contributed by atoms with Gasteiger partial charge in [0.25, 0.3) is 0 Å². The molecule has 0 bridgehead atoms. The fourth-order valence-electron chi connectivity index (χ4n) is 6.64. The van der Waals surface area contributed by atoms with Gasteiger partial charge in [-0.05, 0) is 49.2 Å². The van der Waals surface area contributed by atoms with Gasteiger partial charge in [0.05, 0.1) is 17.0 Å². The monoisotopic (exact) mass is 673 g/mol. The lowest BCUT2D eigenvalue weighted by atomic mass is 9.97. The Morgan fingerprint density at radius 2 is 1.57 bits per heavy atom. The number of hydrogen-bond donors (Lipinski definition) is 1. The minimum absolute atomic E-state index is 0.0487. The molecule has 0 unspecified atom stereocenters. The summed E-state index contributed by atoms with van der Waals surface area (Å²) in [5.74, 6) is 0.370. The first-order valence-electron chi connectivity index (χ1n) is 16.4. The maximum absolute atomic E-state index is 14.4. The highest BCUT2D eigenvalue weighted by molar-refractivity contribution is 7.89. The van der Waals surface area contributed by atoms with E-state index >= 15 is 0 Å². The number of hydrogen-bond acceptors (Lipinski definition) is 5. The summed E-state index contributed by atoms with van der Waals surface area (Å²) in [6, 6.07) is 37.5. The number of benzene rings is 4. The molecule has 1 amide bonds. The number of fused-ring (bicyclic) bond motifs is 2. The van der Waals surface area contributed by atoms with Gasteiger partial charge in [0.15, 0.2) is 6.20 Å². The van der Waals surface area contributed by atoms with Gasteiger partial charge in [-0.3, -0.25) is 4.79 Å². The largest absolute Gasteiger partial charge is 0.455 e. The van der Waals surface area contributed by atoms with E-state index in [0.29, 0.717) is 29.9 Å². The van der Waals surface area contributed by atoms with Crippen LogP contribution < -0.4 is 24.7 Å². The Balaban J connectivity index is 1.42. The number of nitrogens with one attached hydrogen (secondary N) is 1. The van der Waals surface area contributed by atoms with E-state index in [-0.39, 0.29) is 29.9 Å². The van der Waals surface area contributed by atoms with Crippen molar-refractivity contribution in [2.24, 2.45) is 5.92 Å². The van der Waals surface area contributed by atoms with Crippen LogP contribution in [0.2, 0.25) is 0 Å². The predicted molar refractivity (Wildman–Crippen MR) is 192 cm³/mol. The Hall–Kier alpha value is -5.32. The molecule has 2 aliphatic heterocycles. The zero-order valence-corrected chi connectivity index (χ0v) is 28.6. The van der Waals surface area contributed by atoms with Gasteiger partial charge < -0.3 is 14.6 Å². The number of sulfonamides is 1. The molecule has 0 saturated carbocycles. The number of pyridine rings is 1. The van der Waals surface area contributed by atoms with Crippen molar-refractivity contribution in [3.05, 3.63) is 127 Å². The number of carbonyl (C=O) groups excluding carboxylic acids is 1. The average Bonchev–Trinajstić information content (AvgIpc) is 3.16. The van der Waals surface area contributed by atoms with Gasteiger partial charge in [-0.15, -0.1) is 4.57 Å². The second kappa shape index (κ2) is 13.3. The number of aromatic nitrogens is 1. The van der Waals surface area contributed by atoms with Gasteiger partial charge in [-0.2, -0.15) is 8.88 Å². The molecule has 0 atom stereocenters. The fourth-order valence-corrected chi connectivity index (χ4v) is 8.25. The van der Waals surface area contributed by atoms with Crippen molar-refractivity contribution in [1.82, 2.24) is 14.2 Å². The molecule has 1 saturated heterocycles. The lowest BCUT2D eigenvalue weighted by Crippen LogP contribution is -2.47. The minimum Gasteiger partial charge on any atom is -0.455 e. The minimum atomic E-state index is -3.93. The van der Waals surface area contributed by atoms with Crippen molar-refractivity contribution < 1.29 is 22.2 Å². The number of amides is 1. The summed E-state index contributed by atoms with van der Waals surface area (Å²) in [6.45, 7) is 0.538. The Bertz CT molecular complexity index is 2300. The summed E-state index contributed by atoms with van der Waals surface area (Å²) in [5.41, 5.74) is 5.08. The van der Waals surface area contributed by atoms with Crippen molar-refractivity contribution in [2.75, 3.05) is 39.1 Å². The molecule has 248 valence electrons. The van der Waals surface area contributed by atoms with E-state index in [4.69, 9.17) is 4.42 Å². The van der Waals surface area contributed by atoms with Crippen molar-refractivity contribution in [2.45, 2.75) is 17.9 Å². The first kappa shape index (κ1) is 32.2. The topological polar surface area (TPSA) is 89.8 Å². The number of anilines is 2. The van der Waals surface area contributed by atoms with E-state index < -0.39 is 10.0 Å². The molecule has 3 heterocycles. The van der Waals surface area contributed by atoms with E-state index in [1.54, 1.807) is 29.9 Å². The van der Waals surface area contributed by atoms with Crippen LogP contribution >= 0.6 is 0 Å². The lowest BCUT2D eigenvalue weighted by molar-refractivity contribution is -0.635. The van der Waals surface area contributed by atoms with Crippen LogP contribution in [-0.2, 0) is 14.8 Å². The van der Waals surface area contributed by atoms with Gasteiger partial charge >= 0.3 is 15.0 Å². The zero-order valence-electron chi connectivity index (χ0n) is 27.8.